The molecular weight excluding hydrogens is 132 g/mol. The standard InChI is InChI=1S/C11H18/c1-11-8-5-3-2-4-6-9(11)10(11)7-8/h8-10H,2-7H2,1H3. The fourth-order valence-corrected chi connectivity index (χ4v) is 4.02. The van der Waals surface area contributed by atoms with Crippen LogP contribution in [0.3, 0.4) is 0 Å². The normalized spacial score (nSPS) is 60.3. The molecular formula is C11H18. The summed E-state index contributed by atoms with van der Waals surface area (Å²) in [6, 6.07) is 0. The van der Waals surface area contributed by atoms with Gasteiger partial charge in [-0.3, -0.25) is 0 Å². The van der Waals surface area contributed by atoms with E-state index in [-0.39, 0.29) is 0 Å². The molecule has 3 fully saturated rings. The van der Waals surface area contributed by atoms with Crippen LogP contribution in [0.2, 0.25) is 0 Å². The fraction of sp³-hybridized carbons (Fsp3) is 1.00. The smallest absolute Gasteiger partial charge is 0.0235 e. The van der Waals surface area contributed by atoms with Crippen LogP contribution >= 0.6 is 0 Å². The van der Waals surface area contributed by atoms with Gasteiger partial charge >= 0.3 is 0 Å². The van der Waals surface area contributed by atoms with Gasteiger partial charge in [-0.25, -0.2) is 0 Å². The molecule has 62 valence electrons. The van der Waals surface area contributed by atoms with E-state index in [4.69, 9.17) is 0 Å². The van der Waals surface area contributed by atoms with Crippen LogP contribution in [-0.2, 0) is 0 Å². The number of fused-ring (bicyclic) bond motifs is 1. The van der Waals surface area contributed by atoms with Gasteiger partial charge in [0.1, 0.15) is 0 Å². The molecule has 3 saturated carbocycles. The fourth-order valence-electron chi connectivity index (χ4n) is 4.02. The zero-order valence-corrected chi connectivity index (χ0v) is 7.47. The molecule has 0 N–H and O–H groups in total. The number of rotatable bonds is 0. The van der Waals surface area contributed by atoms with Crippen molar-refractivity contribution in [3.8, 4) is 0 Å². The molecule has 0 heterocycles. The summed E-state index contributed by atoms with van der Waals surface area (Å²) in [6.45, 7) is 2.56. The lowest BCUT2D eigenvalue weighted by Gasteiger charge is -2.34. The summed E-state index contributed by atoms with van der Waals surface area (Å²) in [6.07, 6.45) is 9.31. The van der Waals surface area contributed by atoms with Crippen LogP contribution in [0.1, 0.15) is 45.4 Å². The summed E-state index contributed by atoms with van der Waals surface area (Å²) >= 11 is 0. The minimum atomic E-state index is 0.875. The van der Waals surface area contributed by atoms with Gasteiger partial charge in [-0.1, -0.05) is 26.2 Å². The summed E-state index contributed by atoms with van der Waals surface area (Å²) in [5, 5.41) is 0. The molecule has 4 unspecified atom stereocenters. The van der Waals surface area contributed by atoms with Crippen LogP contribution in [0.4, 0.5) is 0 Å². The van der Waals surface area contributed by atoms with E-state index in [9.17, 15) is 0 Å². The molecule has 0 heteroatoms. The lowest BCUT2D eigenvalue weighted by molar-refractivity contribution is 0.153. The Balaban J connectivity index is 1.81. The van der Waals surface area contributed by atoms with Crippen molar-refractivity contribution < 1.29 is 0 Å². The first-order valence-corrected chi connectivity index (χ1v) is 5.33. The van der Waals surface area contributed by atoms with E-state index in [0.717, 1.165) is 11.3 Å². The third-order valence-electron chi connectivity index (χ3n) is 4.96. The number of hydrogen-bond acceptors (Lipinski definition) is 0. The van der Waals surface area contributed by atoms with Crippen LogP contribution in [-0.4, -0.2) is 0 Å². The Labute approximate surface area is 69.4 Å². The molecule has 0 spiro atoms. The minimum absolute atomic E-state index is 0.875. The van der Waals surface area contributed by atoms with E-state index in [1.165, 1.54) is 31.1 Å². The molecule has 0 amide bonds. The second-order valence-electron chi connectivity index (χ2n) is 5.15. The second kappa shape index (κ2) is 1.84. The molecule has 3 aliphatic carbocycles. The van der Waals surface area contributed by atoms with Crippen molar-refractivity contribution in [3.05, 3.63) is 0 Å². The Morgan fingerprint density at radius 2 is 1.82 bits per heavy atom. The molecule has 11 heavy (non-hydrogen) atoms. The van der Waals surface area contributed by atoms with Gasteiger partial charge in [0.25, 0.3) is 0 Å². The third-order valence-corrected chi connectivity index (χ3v) is 4.96. The Bertz CT molecular complexity index is 174. The highest BCUT2D eigenvalue weighted by molar-refractivity contribution is 5.19. The average Bonchev–Trinajstić information content (AvgIpc) is 2.48. The van der Waals surface area contributed by atoms with Crippen molar-refractivity contribution in [3.63, 3.8) is 0 Å². The van der Waals surface area contributed by atoms with Gasteiger partial charge in [0.05, 0.1) is 0 Å². The van der Waals surface area contributed by atoms with Crippen molar-refractivity contribution in [2.45, 2.75) is 45.4 Å². The zero-order chi connectivity index (χ0) is 7.47. The monoisotopic (exact) mass is 150 g/mol. The van der Waals surface area contributed by atoms with Gasteiger partial charge < -0.3 is 0 Å². The van der Waals surface area contributed by atoms with Crippen LogP contribution in [0.5, 0.6) is 0 Å². The molecule has 0 radical (unpaired) electrons. The average molecular weight is 150 g/mol. The highest BCUT2D eigenvalue weighted by Crippen LogP contribution is 2.77. The lowest BCUT2D eigenvalue weighted by atomic mass is 9.71. The highest BCUT2D eigenvalue weighted by Gasteiger charge is 2.71. The largest absolute Gasteiger partial charge is 0.0588 e. The molecule has 0 aromatic heterocycles. The van der Waals surface area contributed by atoms with Gasteiger partial charge in [0, 0.05) is 0 Å². The van der Waals surface area contributed by atoms with Crippen molar-refractivity contribution in [2.75, 3.05) is 0 Å². The van der Waals surface area contributed by atoms with E-state index < -0.39 is 0 Å². The maximum absolute atomic E-state index is 2.56. The van der Waals surface area contributed by atoms with Crippen molar-refractivity contribution >= 4 is 0 Å². The molecule has 0 saturated heterocycles. The summed E-state index contributed by atoms with van der Waals surface area (Å²) < 4.78 is 0. The first-order chi connectivity index (χ1) is 5.33. The van der Waals surface area contributed by atoms with Gasteiger partial charge in [0.2, 0.25) is 0 Å². The lowest BCUT2D eigenvalue weighted by Crippen LogP contribution is -2.26. The van der Waals surface area contributed by atoms with Gasteiger partial charge in [-0.15, -0.1) is 0 Å². The Hall–Kier alpha value is 0. The van der Waals surface area contributed by atoms with Crippen molar-refractivity contribution in [1.29, 1.82) is 0 Å². The summed E-state index contributed by atoms with van der Waals surface area (Å²) in [4.78, 5) is 0. The van der Waals surface area contributed by atoms with Crippen molar-refractivity contribution in [2.24, 2.45) is 23.2 Å². The minimum Gasteiger partial charge on any atom is -0.0588 e. The maximum atomic E-state index is 2.56. The van der Waals surface area contributed by atoms with Crippen LogP contribution in [0.25, 0.3) is 0 Å². The number of hydrogen-bond donors (Lipinski definition) is 0. The summed E-state index contributed by atoms with van der Waals surface area (Å²) in [5.74, 6) is 3.51. The molecule has 0 nitrogen and oxygen atoms in total. The van der Waals surface area contributed by atoms with Crippen LogP contribution in [0, 0.1) is 23.2 Å². The SMILES string of the molecule is CC12C3CCCCCC1C2C3. The Morgan fingerprint density at radius 1 is 1.00 bits per heavy atom. The molecule has 0 aromatic rings. The molecule has 4 atom stereocenters. The predicted octanol–water partition coefficient (Wildman–Crippen LogP) is 3.22. The molecule has 0 aliphatic heterocycles. The third kappa shape index (κ3) is 0.625. The molecule has 3 aliphatic rings. The summed E-state index contributed by atoms with van der Waals surface area (Å²) in [5.41, 5.74) is 0.875. The van der Waals surface area contributed by atoms with Gasteiger partial charge in [-0.2, -0.15) is 0 Å². The van der Waals surface area contributed by atoms with Gasteiger partial charge in [0.15, 0.2) is 0 Å². The molecule has 0 aromatic carbocycles. The van der Waals surface area contributed by atoms with Crippen LogP contribution < -0.4 is 0 Å². The maximum Gasteiger partial charge on any atom is -0.0235 e. The topological polar surface area (TPSA) is 0 Å². The van der Waals surface area contributed by atoms with Crippen LogP contribution in [0.15, 0.2) is 0 Å². The Morgan fingerprint density at radius 3 is 2.73 bits per heavy atom. The molecule has 0 bridgehead atoms. The van der Waals surface area contributed by atoms with E-state index in [0.29, 0.717) is 0 Å². The van der Waals surface area contributed by atoms with E-state index in [1.807, 2.05) is 0 Å². The second-order valence-corrected chi connectivity index (χ2v) is 5.15. The quantitative estimate of drug-likeness (QED) is 0.497. The first kappa shape index (κ1) is 6.51. The molecule has 3 rings (SSSR count). The van der Waals surface area contributed by atoms with Gasteiger partial charge in [-0.05, 0) is 42.4 Å². The van der Waals surface area contributed by atoms with E-state index in [2.05, 4.69) is 6.92 Å². The zero-order valence-electron chi connectivity index (χ0n) is 7.47. The highest BCUT2D eigenvalue weighted by atomic mass is 14.8. The van der Waals surface area contributed by atoms with E-state index >= 15 is 0 Å². The Kier molecular flexibility index (Phi) is 1.09. The van der Waals surface area contributed by atoms with Crippen molar-refractivity contribution in [1.82, 2.24) is 0 Å². The first-order valence-electron chi connectivity index (χ1n) is 5.33. The summed E-state index contributed by atoms with van der Waals surface area (Å²) in [7, 11) is 0. The van der Waals surface area contributed by atoms with E-state index in [1.54, 1.807) is 19.3 Å². The predicted molar refractivity (Wildman–Crippen MR) is 46.3 cm³/mol.